The maximum absolute atomic E-state index is 14.1. The normalized spacial score (nSPS) is 22.8. The standard InChI is InChI=1S/C21H18Cl2F5NO2/c22-11-4-5-13(15(10-11)21(26,27)28)19(30)29-18(14-2-1-3-16(25)17(14)23)20(31)8-6-12(24)7-9-20/h1-5,10,12,18,31H,6-9H2,(H,29,30)/t12-,18?,20+. The molecule has 1 saturated carbocycles. The maximum Gasteiger partial charge on any atom is 0.417 e. The van der Waals surface area contributed by atoms with Crippen molar-refractivity contribution in [2.75, 3.05) is 0 Å². The predicted molar refractivity (Wildman–Crippen MR) is 106 cm³/mol. The third-order valence-corrected chi connectivity index (χ3v) is 6.05. The topological polar surface area (TPSA) is 49.3 Å². The second kappa shape index (κ2) is 8.92. The summed E-state index contributed by atoms with van der Waals surface area (Å²) in [4.78, 5) is 12.9. The van der Waals surface area contributed by atoms with Crippen molar-refractivity contribution in [3.8, 4) is 0 Å². The van der Waals surface area contributed by atoms with Gasteiger partial charge < -0.3 is 10.4 Å². The minimum absolute atomic E-state index is 0.0163. The fourth-order valence-corrected chi connectivity index (χ4v) is 4.18. The third kappa shape index (κ3) is 5.13. The van der Waals surface area contributed by atoms with Gasteiger partial charge in [0.15, 0.2) is 0 Å². The van der Waals surface area contributed by atoms with Crippen LogP contribution < -0.4 is 5.32 Å². The number of alkyl halides is 4. The van der Waals surface area contributed by atoms with Crippen molar-refractivity contribution in [3.05, 3.63) is 69.0 Å². The Kier molecular flexibility index (Phi) is 6.84. The van der Waals surface area contributed by atoms with Crippen molar-refractivity contribution in [2.45, 2.75) is 49.7 Å². The van der Waals surface area contributed by atoms with Gasteiger partial charge in [-0.25, -0.2) is 8.78 Å². The molecule has 0 aliphatic heterocycles. The Hall–Kier alpha value is -1.90. The summed E-state index contributed by atoms with van der Waals surface area (Å²) in [6.45, 7) is 0. The molecule has 31 heavy (non-hydrogen) atoms. The van der Waals surface area contributed by atoms with Crippen molar-refractivity contribution in [3.63, 3.8) is 0 Å². The predicted octanol–water partition coefficient (Wildman–Crippen LogP) is 6.27. The van der Waals surface area contributed by atoms with Crippen LogP contribution >= 0.6 is 23.2 Å². The van der Waals surface area contributed by atoms with E-state index in [2.05, 4.69) is 5.32 Å². The smallest absolute Gasteiger partial charge is 0.387 e. The first-order valence-electron chi connectivity index (χ1n) is 9.40. The molecule has 1 aliphatic carbocycles. The lowest BCUT2D eigenvalue weighted by Crippen LogP contribution is -2.49. The second-order valence-electron chi connectivity index (χ2n) is 7.52. The first-order chi connectivity index (χ1) is 14.4. The van der Waals surface area contributed by atoms with Gasteiger partial charge >= 0.3 is 6.18 Å². The number of hydrogen-bond donors (Lipinski definition) is 2. The number of amides is 1. The van der Waals surface area contributed by atoms with Gasteiger partial charge in [0.1, 0.15) is 12.0 Å². The van der Waals surface area contributed by atoms with Crippen LogP contribution in [0.5, 0.6) is 0 Å². The molecule has 1 atom stereocenters. The Balaban J connectivity index is 2.04. The van der Waals surface area contributed by atoms with E-state index >= 15 is 0 Å². The highest BCUT2D eigenvalue weighted by Gasteiger charge is 2.44. The van der Waals surface area contributed by atoms with Crippen LogP contribution in [0.25, 0.3) is 0 Å². The SMILES string of the molecule is O=C(NC(c1cccc(F)c1Cl)[C@]1(O)CC[C@@H](F)CC1)c1ccc(Cl)cc1C(F)(F)F. The number of aliphatic hydroxyl groups is 1. The molecule has 168 valence electrons. The zero-order chi connectivity index (χ0) is 23.0. The summed E-state index contributed by atoms with van der Waals surface area (Å²) in [6.07, 6.45) is -6.27. The monoisotopic (exact) mass is 481 g/mol. The van der Waals surface area contributed by atoms with E-state index in [-0.39, 0.29) is 36.3 Å². The summed E-state index contributed by atoms with van der Waals surface area (Å²) >= 11 is 11.7. The van der Waals surface area contributed by atoms with E-state index in [4.69, 9.17) is 23.2 Å². The van der Waals surface area contributed by atoms with E-state index in [0.29, 0.717) is 6.07 Å². The van der Waals surface area contributed by atoms with Crippen molar-refractivity contribution >= 4 is 29.1 Å². The third-order valence-electron chi connectivity index (χ3n) is 5.42. The molecule has 1 aliphatic rings. The average molecular weight is 482 g/mol. The average Bonchev–Trinajstić information content (AvgIpc) is 2.70. The molecule has 2 aromatic rings. The molecular formula is C21H18Cl2F5NO2. The van der Waals surface area contributed by atoms with Gasteiger partial charge in [0, 0.05) is 5.02 Å². The molecule has 0 bridgehead atoms. The van der Waals surface area contributed by atoms with Crippen molar-refractivity contribution in [1.29, 1.82) is 0 Å². The Bertz CT molecular complexity index is 975. The highest BCUT2D eigenvalue weighted by Crippen LogP contribution is 2.42. The molecule has 0 aromatic heterocycles. The van der Waals surface area contributed by atoms with Gasteiger partial charge in [0.2, 0.25) is 0 Å². The van der Waals surface area contributed by atoms with E-state index in [9.17, 15) is 31.9 Å². The molecule has 0 spiro atoms. The molecule has 3 rings (SSSR count). The molecule has 3 nitrogen and oxygen atoms in total. The van der Waals surface area contributed by atoms with Crippen LogP contribution in [0.4, 0.5) is 22.0 Å². The first-order valence-corrected chi connectivity index (χ1v) is 10.2. The Morgan fingerprint density at radius 1 is 1.16 bits per heavy atom. The second-order valence-corrected chi connectivity index (χ2v) is 8.33. The van der Waals surface area contributed by atoms with Crippen LogP contribution in [-0.2, 0) is 6.18 Å². The van der Waals surface area contributed by atoms with E-state index < -0.39 is 51.9 Å². The van der Waals surface area contributed by atoms with E-state index in [1.807, 2.05) is 0 Å². The van der Waals surface area contributed by atoms with Crippen molar-refractivity contribution in [1.82, 2.24) is 5.32 Å². The fraction of sp³-hybridized carbons (Fsp3) is 0.381. The van der Waals surface area contributed by atoms with Crippen LogP contribution in [0, 0.1) is 5.82 Å². The lowest BCUT2D eigenvalue weighted by molar-refractivity contribution is -0.137. The number of hydrogen-bond acceptors (Lipinski definition) is 2. The van der Waals surface area contributed by atoms with Crippen LogP contribution in [0.3, 0.4) is 0 Å². The fourth-order valence-electron chi connectivity index (χ4n) is 3.77. The summed E-state index contributed by atoms with van der Waals surface area (Å²) in [7, 11) is 0. The van der Waals surface area contributed by atoms with Gasteiger partial charge in [0.05, 0.1) is 27.8 Å². The highest BCUT2D eigenvalue weighted by molar-refractivity contribution is 6.31. The Morgan fingerprint density at radius 3 is 2.42 bits per heavy atom. The summed E-state index contributed by atoms with van der Waals surface area (Å²) in [5.74, 6) is -1.99. The quantitative estimate of drug-likeness (QED) is 0.505. The summed E-state index contributed by atoms with van der Waals surface area (Å²) in [5.41, 5.74) is -3.74. The molecule has 2 N–H and O–H groups in total. The largest absolute Gasteiger partial charge is 0.417 e. The lowest BCUT2D eigenvalue weighted by atomic mass is 9.76. The zero-order valence-corrected chi connectivity index (χ0v) is 17.5. The molecule has 10 heteroatoms. The highest BCUT2D eigenvalue weighted by atomic mass is 35.5. The number of nitrogens with one attached hydrogen (secondary N) is 1. The van der Waals surface area contributed by atoms with Gasteiger partial charge in [0.25, 0.3) is 5.91 Å². The minimum atomic E-state index is -4.87. The van der Waals surface area contributed by atoms with Gasteiger partial charge in [-0.2, -0.15) is 13.2 Å². The number of benzene rings is 2. The molecular weight excluding hydrogens is 464 g/mol. The van der Waals surface area contributed by atoms with Gasteiger partial charge in [-0.05, 0) is 55.5 Å². The van der Waals surface area contributed by atoms with Crippen molar-refractivity contribution < 1.29 is 31.9 Å². The molecule has 1 unspecified atom stereocenters. The van der Waals surface area contributed by atoms with Crippen LogP contribution in [-0.4, -0.2) is 22.8 Å². The minimum Gasteiger partial charge on any atom is -0.387 e. The number of carbonyl (C=O) groups is 1. The van der Waals surface area contributed by atoms with Gasteiger partial charge in [-0.3, -0.25) is 4.79 Å². The first kappa shape index (κ1) is 23.8. The number of carbonyl (C=O) groups excluding carboxylic acids is 1. The maximum atomic E-state index is 14.1. The van der Waals surface area contributed by atoms with Gasteiger partial charge in [-0.15, -0.1) is 0 Å². The summed E-state index contributed by atoms with van der Waals surface area (Å²) in [6, 6.07) is 4.99. The number of rotatable bonds is 4. The lowest BCUT2D eigenvalue weighted by Gasteiger charge is -2.41. The Labute approximate surface area is 185 Å². The van der Waals surface area contributed by atoms with Crippen LogP contribution in [0.15, 0.2) is 36.4 Å². The number of halogens is 7. The molecule has 0 saturated heterocycles. The molecule has 0 heterocycles. The summed E-state index contributed by atoms with van der Waals surface area (Å²) < 4.78 is 68.0. The van der Waals surface area contributed by atoms with Crippen molar-refractivity contribution in [2.24, 2.45) is 0 Å². The molecule has 1 amide bonds. The molecule has 1 fully saturated rings. The van der Waals surface area contributed by atoms with Crippen LogP contribution in [0.1, 0.15) is 53.2 Å². The van der Waals surface area contributed by atoms with Crippen LogP contribution in [0.2, 0.25) is 10.0 Å². The molecule has 0 radical (unpaired) electrons. The van der Waals surface area contributed by atoms with E-state index in [1.54, 1.807) is 0 Å². The summed E-state index contributed by atoms with van der Waals surface area (Å²) in [5, 5.41) is 12.9. The van der Waals surface area contributed by atoms with E-state index in [1.165, 1.54) is 12.1 Å². The van der Waals surface area contributed by atoms with E-state index in [0.717, 1.165) is 18.2 Å². The molecule has 2 aromatic carbocycles. The van der Waals surface area contributed by atoms with Gasteiger partial charge in [-0.1, -0.05) is 35.3 Å². The zero-order valence-electron chi connectivity index (χ0n) is 15.9. The Morgan fingerprint density at radius 2 is 1.81 bits per heavy atom.